The Morgan fingerprint density at radius 1 is 1.17 bits per heavy atom. The molecule has 1 aromatic carbocycles. The molecule has 0 unspecified atom stereocenters. The van der Waals surface area contributed by atoms with Crippen LogP contribution in [0.2, 0.25) is 0 Å². The highest BCUT2D eigenvalue weighted by Gasteiger charge is 2.35. The molecule has 0 aliphatic carbocycles. The van der Waals surface area contributed by atoms with Crippen molar-refractivity contribution in [3.05, 3.63) is 35.4 Å². The van der Waals surface area contributed by atoms with Gasteiger partial charge in [0.05, 0.1) is 0 Å². The predicted octanol–water partition coefficient (Wildman–Crippen LogP) is 4.20. The van der Waals surface area contributed by atoms with E-state index in [2.05, 4.69) is 13.8 Å². The number of hydrogen-bond donors (Lipinski definition) is 0. The number of ether oxygens (including phenoxy) is 1. The van der Waals surface area contributed by atoms with Gasteiger partial charge in [-0.05, 0) is 24.3 Å². The van der Waals surface area contributed by atoms with Crippen LogP contribution in [0.4, 0.5) is 0 Å². The second kappa shape index (κ2) is 6.14. The van der Waals surface area contributed by atoms with E-state index in [4.69, 9.17) is 4.74 Å². The molecule has 0 radical (unpaired) electrons. The Morgan fingerprint density at radius 2 is 1.67 bits per heavy atom. The van der Waals surface area contributed by atoms with Gasteiger partial charge < -0.3 is 4.74 Å². The number of carbonyl (C=O) groups is 1. The Morgan fingerprint density at radius 3 is 2.00 bits per heavy atom. The fourth-order valence-corrected chi connectivity index (χ4v) is 2.23. The molecule has 18 heavy (non-hydrogen) atoms. The fourth-order valence-electron chi connectivity index (χ4n) is 2.23. The summed E-state index contributed by atoms with van der Waals surface area (Å²) in [7, 11) is 1.62. The van der Waals surface area contributed by atoms with Crippen molar-refractivity contribution in [3.8, 4) is 0 Å². The van der Waals surface area contributed by atoms with E-state index in [1.54, 1.807) is 7.11 Å². The van der Waals surface area contributed by atoms with Crippen molar-refractivity contribution in [2.75, 3.05) is 7.11 Å². The highest BCUT2D eigenvalue weighted by atomic mass is 16.5. The third-order valence-corrected chi connectivity index (χ3v) is 3.79. The minimum Gasteiger partial charge on any atom is -0.370 e. The van der Waals surface area contributed by atoms with E-state index in [1.807, 2.05) is 38.1 Å². The molecule has 1 rings (SSSR count). The van der Waals surface area contributed by atoms with Crippen LogP contribution in [0.5, 0.6) is 0 Å². The molecule has 0 amide bonds. The van der Waals surface area contributed by atoms with Crippen LogP contribution in [-0.2, 0) is 4.74 Å². The van der Waals surface area contributed by atoms with Gasteiger partial charge in [0.25, 0.3) is 0 Å². The van der Waals surface area contributed by atoms with E-state index in [-0.39, 0.29) is 5.78 Å². The van der Waals surface area contributed by atoms with Gasteiger partial charge in [-0.1, -0.05) is 52.0 Å². The normalized spacial score (nSPS) is 11.9. The van der Waals surface area contributed by atoms with Crippen LogP contribution < -0.4 is 0 Å². The first-order chi connectivity index (χ1) is 8.50. The van der Waals surface area contributed by atoms with Crippen LogP contribution in [0.15, 0.2) is 24.3 Å². The van der Waals surface area contributed by atoms with E-state index in [9.17, 15) is 4.79 Å². The summed E-state index contributed by atoms with van der Waals surface area (Å²) < 4.78 is 5.48. The Kier molecular flexibility index (Phi) is 5.09. The first-order valence-corrected chi connectivity index (χ1v) is 6.70. The molecular weight excluding hydrogens is 224 g/mol. The number of methoxy groups -OCH3 is 1. The van der Waals surface area contributed by atoms with Gasteiger partial charge in [-0.3, -0.25) is 4.79 Å². The molecule has 2 heteroatoms. The molecule has 0 fully saturated rings. The van der Waals surface area contributed by atoms with Crippen molar-refractivity contribution in [1.29, 1.82) is 0 Å². The Balaban J connectivity index is 3.03. The van der Waals surface area contributed by atoms with Crippen molar-refractivity contribution in [2.24, 2.45) is 0 Å². The number of ketones is 1. The summed E-state index contributed by atoms with van der Waals surface area (Å²) in [6.45, 7) is 8.28. The molecule has 0 aliphatic rings. The molecule has 100 valence electrons. The second-order valence-electron chi connectivity index (χ2n) is 5.01. The average molecular weight is 248 g/mol. The number of benzene rings is 1. The van der Waals surface area contributed by atoms with E-state index < -0.39 is 5.60 Å². The largest absolute Gasteiger partial charge is 0.370 e. The molecule has 0 spiro atoms. The lowest BCUT2D eigenvalue weighted by Gasteiger charge is -2.28. The van der Waals surface area contributed by atoms with Crippen LogP contribution in [0.3, 0.4) is 0 Å². The zero-order valence-corrected chi connectivity index (χ0v) is 12.1. The van der Waals surface area contributed by atoms with E-state index in [1.165, 1.54) is 5.56 Å². The summed E-state index contributed by atoms with van der Waals surface area (Å²) in [4.78, 5) is 12.5. The molecular formula is C16H24O2. The van der Waals surface area contributed by atoms with E-state index in [0.29, 0.717) is 18.8 Å². The molecule has 0 saturated carbocycles. The maximum atomic E-state index is 12.5. The highest BCUT2D eigenvalue weighted by Crippen LogP contribution is 2.26. The summed E-state index contributed by atoms with van der Waals surface area (Å²) in [6.07, 6.45) is 1.40. The third-order valence-electron chi connectivity index (χ3n) is 3.79. The number of hydrogen-bond acceptors (Lipinski definition) is 2. The number of carbonyl (C=O) groups excluding carboxylic acids is 1. The molecule has 0 atom stereocenters. The van der Waals surface area contributed by atoms with Crippen molar-refractivity contribution >= 4 is 5.78 Å². The number of Topliss-reactive ketones (excluding diaryl/α,β-unsaturated/α-hetero) is 1. The van der Waals surface area contributed by atoms with Gasteiger partial charge >= 0.3 is 0 Å². The molecule has 2 nitrogen and oxygen atoms in total. The second-order valence-corrected chi connectivity index (χ2v) is 5.01. The zero-order chi connectivity index (χ0) is 13.8. The molecule has 0 heterocycles. The SMILES string of the molecule is CCC(CC)(OC)C(=O)c1ccc(C(C)C)cc1. The first-order valence-electron chi connectivity index (χ1n) is 6.70. The quantitative estimate of drug-likeness (QED) is 0.705. The molecule has 0 aliphatic heterocycles. The minimum absolute atomic E-state index is 0.0882. The molecule has 0 aromatic heterocycles. The topological polar surface area (TPSA) is 26.3 Å². The number of rotatable bonds is 6. The summed E-state index contributed by atoms with van der Waals surface area (Å²) in [6, 6.07) is 7.89. The van der Waals surface area contributed by atoms with Crippen molar-refractivity contribution in [1.82, 2.24) is 0 Å². The molecule has 0 saturated heterocycles. The van der Waals surface area contributed by atoms with Crippen LogP contribution in [-0.4, -0.2) is 18.5 Å². The van der Waals surface area contributed by atoms with Crippen LogP contribution >= 0.6 is 0 Å². The Labute approximate surface area is 110 Å². The van der Waals surface area contributed by atoms with Crippen molar-refractivity contribution in [3.63, 3.8) is 0 Å². The lowest BCUT2D eigenvalue weighted by molar-refractivity contribution is -0.00261. The van der Waals surface area contributed by atoms with Gasteiger partial charge in [-0.2, -0.15) is 0 Å². The van der Waals surface area contributed by atoms with Gasteiger partial charge in [0, 0.05) is 12.7 Å². The average Bonchev–Trinajstić information content (AvgIpc) is 2.41. The molecule has 1 aromatic rings. The lowest BCUT2D eigenvalue weighted by atomic mass is 9.87. The summed E-state index contributed by atoms with van der Waals surface area (Å²) in [5.74, 6) is 0.573. The predicted molar refractivity (Wildman–Crippen MR) is 75.2 cm³/mol. The first kappa shape index (κ1) is 14.9. The van der Waals surface area contributed by atoms with Crippen molar-refractivity contribution in [2.45, 2.75) is 52.1 Å². The maximum Gasteiger partial charge on any atom is 0.194 e. The van der Waals surface area contributed by atoms with Crippen LogP contribution in [0.25, 0.3) is 0 Å². The standard InChI is InChI=1S/C16H24O2/c1-6-16(7-2,18-5)15(17)14-10-8-13(9-11-14)12(3)4/h8-12H,6-7H2,1-5H3. The Hall–Kier alpha value is -1.15. The Bertz CT molecular complexity index is 378. The molecule has 0 bridgehead atoms. The van der Waals surface area contributed by atoms with Crippen molar-refractivity contribution < 1.29 is 9.53 Å². The van der Waals surface area contributed by atoms with Crippen LogP contribution in [0.1, 0.15) is 62.4 Å². The minimum atomic E-state index is -0.667. The molecule has 0 N–H and O–H groups in total. The summed E-state index contributed by atoms with van der Waals surface area (Å²) in [5, 5.41) is 0. The summed E-state index contributed by atoms with van der Waals surface area (Å²) in [5.41, 5.74) is 1.33. The van der Waals surface area contributed by atoms with Gasteiger partial charge in [0.15, 0.2) is 5.78 Å². The van der Waals surface area contributed by atoms with Gasteiger partial charge in [0.1, 0.15) is 5.60 Å². The smallest absolute Gasteiger partial charge is 0.194 e. The summed E-state index contributed by atoms with van der Waals surface area (Å²) >= 11 is 0. The lowest BCUT2D eigenvalue weighted by Crippen LogP contribution is -2.39. The van der Waals surface area contributed by atoms with E-state index >= 15 is 0 Å². The zero-order valence-electron chi connectivity index (χ0n) is 12.1. The fraction of sp³-hybridized carbons (Fsp3) is 0.562. The van der Waals surface area contributed by atoms with E-state index in [0.717, 1.165) is 5.56 Å². The van der Waals surface area contributed by atoms with Gasteiger partial charge in [-0.25, -0.2) is 0 Å². The highest BCUT2D eigenvalue weighted by molar-refractivity contribution is 6.02. The third kappa shape index (κ3) is 2.81. The van der Waals surface area contributed by atoms with Gasteiger partial charge in [0.2, 0.25) is 0 Å². The van der Waals surface area contributed by atoms with Gasteiger partial charge in [-0.15, -0.1) is 0 Å². The van der Waals surface area contributed by atoms with Crippen LogP contribution in [0, 0.1) is 0 Å². The monoisotopic (exact) mass is 248 g/mol. The maximum absolute atomic E-state index is 12.5.